The summed E-state index contributed by atoms with van der Waals surface area (Å²) in [7, 11) is 0.500. The Balaban J connectivity index is 0.00000124. The Bertz CT molecular complexity index is 865. The number of oxime groups is 1. The van der Waals surface area contributed by atoms with Crippen LogP contribution in [0.25, 0.3) is 5.57 Å². The minimum atomic E-state index is -0.777. The number of carbonyl (C=O) groups is 1. The summed E-state index contributed by atoms with van der Waals surface area (Å²) in [6, 6.07) is -0.0126. The van der Waals surface area contributed by atoms with Gasteiger partial charge in [-0.3, -0.25) is 19.0 Å². The molecule has 3 aliphatic carbocycles. The zero-order valence-corrected chi connectivity index (χ0v) is 17.4. The minimum absolute atomic E-state index is 0.0126. The molecular formula is C22H29F2N3O3. The summed E-state index contributed by atoms with van der Waals surface area (Å²) in [5, 5.41) is 4.02. The normalized spacial score (nSPS) is 20.6. The highest BCUT2D eigenvalue weighted by molar-refractivity contribution is 6.01. The van der Waals surface area contributed by atoms with E-state index >= 15 is 0 Å². The SMILES string of the molecule is CF.O=C1C=C(CCCCC2CC2)c2c(nc(ON=C3CCC(F)CC3)[nH]c2=O)C1. The Labute approximate surface area is 174 Å². The number of alkyl halides is 2. The van der Waals surface area contributed by atoms with Crippen molar-refractivity contribution in [3.8, 4) is 6.01 Å². The van der Waals surface area contributed by atoms with Gasteiger partial charge in [-0.1, -0.05) is 30.8 Å². The van der Waals surface area contributed by atoms with Crippen molar-refractivity contribution in [3.05, 3.63) is 27.7 Å². The van der Waals surface area contributed by atoms with Crippen molar-refractivity contribution < 1.29 is 18.4 Å². The van der Waals surface area contributed by atoms with E-state index in [4.69, 9.17) is 4.84 Å². The van der Waals surface area contributed by atoms with Crippen molar-refractivity contribution in [1.82, 2.24) is 9.97 Å². The number of ketones is 1. The van der Waals surface area contributed by atoms with E-state index in [0.717, 1.165) is 30.0 Å². The topological polar surface area (TPSA) is 84.4 Å². The Hall–Kier alpha value is -2.38. The molecule has 164 valence electrons. The van der Waals surface area contributed by atoms with Crippen LogP contribution in [0.2, 0.25) is 0 Å². The molecule has 0 spiro atoms. The summed E-state index contributed by atoms with van der Waals surface area (Å²) in [6.45, 7) is 0. The number of carbonyl (C=O) groups excluding carboxylic acids is 1. The van der Waals surface area contributed by atoms with E-state index in [0.29, 0.717) is 50.5 Å². The summed E-state index contributed by atoms with van der Waals surface area (Å²) >= 11 is 0. The first-order valence-corrected chi connectivity index (χ1v) is 10.7. The first-order valence-electron chi connectivity index (χ1n) is 10.7. The number of hydrogen-bond acceptors (Lipinski definition) is 5. The lowest BCUT2D eigenvalue weighted by molar-refractivity contribution is -0.114. The fraction of sp³-hybridized carbons (Fsp3) is 0.636. The summed E-state index contributed by atoms with van der Waals surface area (Å²) in [6.07, 6.45) is 9.61. The zero-order chi connectivity index (χ0) is 21.5. The van der Waals surface area contributed by atoms with Gasteiger partial charge in [0.25, 0.3) is 5.56 Å². The van der Waals surface area contributed by atoms with Crippen LogP contribution >= 0.6 is 0 Å². The molecule has 8 heteroatoms. The zero-order valence-electron chi connectivity index (χ0n) is 17.4. The van der Waals surface area contributed by atoms with Gasteiger partial charge in [0, 0.05) is 0 Å². The first-order chi connectivity index (χ1) is 14.6. The average molecular weight is 421 g/mol. The summed E-state index contributed by atoms with van der Waals surface area (Å²) in [5.74, 6) is 0.849. The van der Waals surface area contributed by atoms with Crippen LogP contribution in [0.1, 0.15) is 75.5 Å². The van der Waals surface area contributed by atoms with Gasteiger partial charge in [-0.05, 0) is 56.1 Å². The van der Waals surface area contributed by atoms with Crippen LogP contribution in [0.15, 0.2) is 16.0 Å². The van der Waals surface area contributed by atoms with Crippen LogP contribution in [-0.4, -0.2) is 34.8 Å². The molecule has 6 nitrogen and oxygen atoms in total. The minimum Gasteiger partial charge on any atom is -0.317 e. The van der Waals surface area contributed by atoms with E-state index < -0.39 is 6.17 Å². The Morgan fingerprint density at radius 3 is 2.60 bits per heavy atom. The second kappa shape index (κ2) is 10.6. The number of rotatable bonds is 7. The highest BCUT2D eigenvalue weighted by Gasteiger charge is 2.24. The lowest BCUT2D eigenvalue weighted by Crippen LogP contribution is -2.23. The molecule has 0 amide bonds. The van der Waals surface area contributed by atoms with E-state index in [9.17, 15) is 18.4 Å². The molecule has 0 saturated heterocycles. The third-order valence-electron chi connectivity index (χ3n) is 5.73. The van der Waals surface area contributed by atoms with E-state index in [1.807, 2.05) is 0 Å². The van der Waals surface area contributed by atoms with E-state index in [1.165, 1.54) is 19.3 Å². The number of aromatic amines is 1. The Morgan fingerprint density at radius 2 is 1.90 bits per heavy atom. The number of hydrogen-bond donors (Lipinski definition) is 1. The molecular weight excluding hydrogens is 392 g/mol. The number of fused-ring (bicyclic) bond motifs is 1. The molecule has 2 fully saturated rings. The van der Waals surface area contributed by atoms with Crippen LogP contribution in [0, 0.1) is 5.92 Å². The molecule has 0 aromatic carbocycles. The van der Waals surface area contributed by atoms with Crippen molar-refractivity contribution in [2.24, 2.45) is 11.1 Å². The van der Waals surface area contributed by atoms with Crippen LogP contribution in [0.5, 0.6) is 6.01 Å². The third-order valence-corrected chi connectivity index (χ3v) is 5.73. The van der Waals surface area contributed by atoms with Gasteiger partial charge in [0.15, 0.2) is 5.78 Å². The van der Waals surface area contributed by atoms with Gasteiger partial charge in [0.2, 0.25) is 0 Å². The smallest absolute Gasteiger partial charge is 0.317 e. The molecule has 0 radical (unpaired) electrons. The van der Waals surface area contributed by atoms with Crippen LogP contribution in [0.4, 0.5) is 8.78 Å². The average Bonchev–Trinajstić information content (AvgIpc) is 3.56. The lowest BCUT2D eigenvalue weighted by Gasteiger charge is -2.17. The number of halogens is 2. The van der Waals surface area contributed by atoms with Crippen LogP contribution in [-0.2, 0) is 11.2 Å². The molecule has 1 aromatic heterocycles. The van der Waals surface area contributed by atoms with E-state index in [1.54, 1.807) is 6.08 Å². The maximum atomic E-state index is 13.2. The van der Waals surface area contributed by atoms with Gasteiger partial charge in [0.05, 0.1) is 30.6 Å². The van der Waals surface area contributed by atoms with Gasteiger partial charge in [-0.15, -0.1) is 0 Å². The summed E-state index contributed by atoms with van der Waals surface area (Å²) < 4.78 is 22.7. The second-order valence-electron chi connectivity index (χ2n) is 8.12. The first kappa shape index (κ1) is 22.3. The molecule has 1 aromatic rings. The number of allylic oxidation sites excluding steroid dienone is 2. The van der Waals surface area contributed by atoms with Gasteiger partial charge in [0.1, 0.15) is 6.17 Å². The van der Waals surface area contributed by atoms with Crippen molar-refractivity contribution >= 4 is 17.1 Å². The second-order valence-corrected chi connectivity index (χ2v) is 8.12. The molecule has 0 atom stereocenters. The monoisotopic (exact) mass is 421 g/mol. The Kier molecular flexibility index (Phi) is 7.87. The molecule has 1 heterocycles. The van der Waals surface area contributed by atoms with E-state index in [2.05, 4.69) is 15.1 Å². The maximum absolute atomic E-state index is 13.2. The van der Waals surface area contributed by atoms with Gasteiger partial charge < -0.3 is 4.84 Å². The van der Waals surface area contributed by atoms with E-state index in [-0.39, 0.29) is 23.8 Å². The van der Waals surface area contributed by atoms with Gasteiger partial charge in [-0.2, -0.15) is 4.98 Å². The Morgan fingerprint density at radius 1 is 1.17 bits per heavy atom. The molecule has 0 unspecified atom stereocenters. The fourth-order valence-corrected chi connectivity index (χ4v) is 3.95. The van der Waals surface area contributed by atoms with Gasteiger partial charge in [-0.25, -0.2) is 4.39 Å². The standard InChI is InChI=1S/C21H26FN3O3.CH3F/c22-15-7-9-16(10-8-15)25-28-21-23-18-12-17(26)11-14(19(18)20(27)24-21)4-2-1-3-13-5-6-13;1-2/h11,13,15H,1-10,12H2,(H,23,24,27);1H3. The van der Waals surface area contributed by atoms with Crippen LogP contribution < -0.4 is 10.4 Å². The largest absolute Gasteiger partial charge is 0.326 e. The quantitative estimate of drug-likeness (QED) is 0.520. The number of H-pyrrole nitrogens is 1. The van der Waals surface area contributed by atoms with Crippen molar-refractivity contribution in [3.63, 3.8) is 0 Å². The number of unbranched alkanes of at least 4 members (excludes halogenated alkanes) is 1. The molecule has 0 aliphatic heterocycles. The summed E-state index contributed by atoms with van der Waals surface area (Å²) in [5.41, 5.74) is 2.20. The maximum Gasteiger partial charge on any atom is 0.326 e. The number of nitrogens with zero attached hydrogens (tertiary/aromatic N) is 2. The number of nitrogens with one attached hydrogen (secondary N) is 1. The predicted molar refractivity (Wildman–Crippen MR) is 111 cm³/mol. The van der Waals surface area contributed by atoms with Crippen molar-refractivity contribution in [2.45, 2.75) is 76.8 Å². The van der Waals surface area contributed by atoms with Gasteiger partial charge >= 0.3 is 6.01 Å². The molecule has 0 bridgehead atoms. The number of aromatic nitrogens is 2. The molecule has 1 N–H and O–H groups in total. The molecule has 4 rings (SSSR count). The van der Waals surface area contributed by atoms with Crippen molar-refractivity contribution in [1.29, 1.82) is 0 Å². The molecule has 3 aliphatic rings. The molecule has 2 saturated carbocycles. The lowest BCUT2D eigenvalue weighted by atomic mass is 9.91. The molecule has 30 heavy (non-hydrogen) atoms. The van der Waals surface area contributed by atoms with Crippen molar-refractivity contribution in [2.75, 3.05) is 7.18 Å². The predicted octanol–water partition coefficient (Wildman–Crippen LogP) is 4.48. The highest BCUT2D eigenvalue weighted by Crippen LogP contribution is 2.35. The highest BCUT2D eigenvalue weighted by atomic mass is 19.1. The summed E-state index contributed by atoms with van der Waals surface area (Å²) in [4.78, 5) is 37.0. The third kappa shape index (κ3) is 6.06. The fourth-order valence-electron chi connectivity index (χ4n) is 3.95. The van der Waals surface area contributed by atoms with Crippen LogP contribution in [0.3, 0.4) is 0 Å².